The van der Waals surface area contributed by atoms with Gasteiger partial charge in [-0.15, -0.1) is 0 Å². The third kappa shape index (κ3) is 5.23. The summed E-state index contributed by atoms with van der Waals surface area (Å²) in [5.41, 5.74) is 1.70. The molecule has 0 bridgehead atoms. The second-order valence-electron chi connectivity index (χ2n) is 6.64. The number of likely N-dealkylation sites (tertiary alicyclic amines) is 1. The highest BCUT2D eigenvalue weighted by Crippen LogP contribution is 2.24. The summed E-state index contributed by atoms with van der Waals surface area (Å²) < 4.78 is 11.4. The van der Waals surface area contributed by atoms with E-state index in [1.807, 2.05) is 30.0 Å². The largest absolute Gasteiger partial charge is 0.494 e. The van der Waals surface area contributed by atoms with Crippen LogP contribution in [0.3, 0.4) is 0 Å². The van der Waals surface area contributed by atoms with Gasteiger partial charge in [-0.25, -0.2) is 0 Å². The van der Waals surface area contributed by atoms with Crippen LogP contribution in [0.2, 0.25) is 0 Å². The van der Waals surface area contributed by atoms with Crippen LogP contribution in [-0.4, -0.2) is 37.1 Å². The molecule has 0 spiro atoms. The van der Waals surface area contributed by atoms with Crippen LogP contribution in [0.25, 0.3) is 0 Å². The molecule has 0 atom stereocenters. The van der Waals surface area contributed by atoms with Crippen LogP contribution in [0.5, 0.6) is 5.75 Å². The van der Waals surface area contributed by atoms with Crippen LogP contribution < -0.4 is 4.74 Å². The normalized spacial score (nSPS) is 15.5. The molecule has 0 unspecified atom stereocenters. The maximum Gasteiger partial charge on any atom is 0.253 e. The van der Waals surface area contributed by atoms with E-state index in [1.54, 1.807) is 0 Å². The number of nitrogens with zero attached hydrogens (tertiary/aromatic N) is 1. The lowest BCUT2D eigenvalue weighted by Crippen LogP contribution is -2.37. The molecule has 1 saturated heterocycles. The number of unbranched alkanes of at least 4 members (excludes halogenated alkanes) is 1. The summed E-state index contributed by atoms with van der Waals surface area (Å²) in [5, 5.41) is 0. The second-order valence-corrected chi connectivity index (χ2v) is 6.64. The van der Waals surface area contributed by atoms with E-state index in [0.717, 1.165) is 68.2 Å². The lowest BCUT2D eigenvalue weighted by Gasteiger charge is -2.30. The van der Waals surface area contributed by atoms with Crippen molar-refractivity contribution in [3.05, 3.63) is 29.3 Å². The first-order chi connectivity index (χ1) is 11.7. The molecule has 1 aliphatic rings. The Morgan fingerprint density at radius 3 is 2.67 bits per heavy atom. The monoisotopic (exact) mass is 333 g/mol. The first kappa shape index (κ1) is 18.8. The van der Waals surface area contributed by atoms with Crippen molar-refractivity contribution in [1.29, 1.82) is 0 Å². The summed E-state index contributed by atoms with van der Waals surface area (Å²) in [4.78, 5) is 14.7. The number of hydrogen-bond acceptors (Lipinski definition) is 3. The fourth-order valence-electron chi connectivity index (χ4n) is 2.94. The van der Waals surface area contributed by atoms with Crippen molar-refractivity contribution in [1.82, 2.24) is 4.90 Å². The molecule has 0 saturated carbocycles. The molecule has 0 radical (unpaired) electrons. The fraction of sp³-hybridized carbons (Fsp3) is 0.650. The van der Waals surface area contributed by atoms with E-state index in [2.05, 4.69) is 13.8 Å². The quantitative estimate of drug-likeness (QED) is 0.667. The summed E-state index contributed by atoms with van der Waals surface area (Å²) in [7, 11) is 0. The Morgan fingerprint density at radius 1 is 1.25 bits per heavy atom. The van der Waals surface area contributed by atoms with Gasteiger partial charge in [0.2, 0.25) is 0 Å². The van der Waals surface area contributed by atoms with Crippen LogP contribution in [0.1, 0.15) is 62.4 Å². The fourth-order valence-corrected chi connectivity index (χ4v) is 2.94. The van der Waals surface area contributed by atoms with E-state index >= 15 is 0 Å². The smallest absolute Gasteiger partial charge is 0.253 e. The van der Waals surface area contributed by atoms with Crippen LogP contribution in [0, 0.1) is 5.92 Å². The van der Waals surface area contributed by atoms with Gasteiger partial charge >= 0.3 is 0 Å². The topological polar surface area (TPSA) is 38.8 Å². The molecule has 0 aliphatic carbocycles. The molecule has 2 rings (SSSR count). The maximum absolute atomic E-state index is 12.7. The number of carbonyl (C=O) groups is 1. The average Bonchev–Trinajstić information content (AvgIpc) is 2.60. The Balaban J connectivity index is 2.07. The van der Waals surface area contributed by atoms with Gasteiger partial charge in [0.25, 0.3) is 5.91 Å². The van der Waals surface area contributed by atoms with Gasteiger partial charge in [0.1, 0.15) is 5.75 Å². The summed E-state index contributed by atoms with van der Waals surface area (Å²) in [5.74, 6) is 1.66. The Morgan fingerprint density at radius 2 is 2.00 bits per heavy atom. The van der Waals surface area contributed by atoms with Crippen molar-refractivity contribution in [3.63, 3.8) is 0 Å². The number of piperidine rings is 1. The van der Waals surface area contributed by atoms with E-state index in [9.17, 15) is 4.79 Å². The first-order valence-electron chi connectivity index (χ1n) is 9.28. The molecule has 1 amide bonds. The highest BCUT2D eigenvalue weighted by Gasteiger charge is 2.22. The van der Waals surface area contributed by atoms with E-state index in [1.165, 1.54) is 0 Å². The minimum absolute atomic E-state index is 0.125. The summed E-state index contributed by atoms with van der Waals surface area (Å²) >= 11 is 0. The van der Waals surface area contributed by atoms with Crippen molar-refractivity contribution in [2.45, 2.75) is 53.1 Å². The Hall–Kier alpha value is -1.55. The zero-order valence-corrected chi connectivity index (χ0v) is 15.3. The first-order valence-corrected chi connectivity index (χ1v) is 9.28. The SMILES string of the molecule is CCCCOCc1cc(C(=O)N2CCC(C)CC2)ccc1OCC. The Bertz CT molecular complexity index is 522. The van der Waals surface area contributed by atoms with E-state index < -0.39 is 0 Å². The Labute approximate surface area is 146 Å². The summed E-state index contributed by atoms with van der Waals surface area (Å²) in [6.07, 6.45) is 4.35. The van der Waals surface area contributed by atoms with Crippen LogP contribution in [0.4, 0.5) is 0 Å². The van der Waals surface area contributed by atoms with Crippen LogP contribution in [0.15, 0.2) is 18.2 Å². The molecule has 24 heavy (non-hydrogen) atoms. The van der Waals surface area contributed by atoms with E-state index in [-0.39, 0.29) is 5.91 Å². The number of ether oxygens (including phenoxy) is 2. The van der Waals surface area contributed by atoms with Gasteiger partial charge in [-0.05, 0) is 50.3 Å². The van der Waals surface area contributed by atoms with Crippen LogP contribution >= 0.6 is 0 Å². The molecule has 1 aromatic rings. The molecule has 4 nitrogen and oxygen atoms in total. The number of amides is 1. The molecule has 1 aromatic carbocycles. The third-order valence-electron chi connectivity index (χ3n) is 4.58. The second kappa shape index (κ2) is 9.67. The van der Waals surface area contributed by atoms with Crippen molar-refractivity contribution in [3.8, 4) is 5.75 Å². The molecule has 0 N–H and O–H groups in total. The van der Waals surface area contributed by atoms with E-state index in [4.69, 9.17) is 9.47 Å². The van der Waals surface area contributed by atoms with Gasteiger partial charge in [0.05, 0.1) is 13.2 Å². The van der Waals surface area contributed by atoms with Crippen molar-refractivity contribution < 1.29 is 14.3 Å². The average molecular weight is 333 g/mol. The molecule has 4 heteroatoms. The predicted octanol–water partition coefficient (Wildman–Crippen LogP) is 4.27. The highest BCUT2D eigenvalue weighted by molar-refractivity contribution is 5.94. The minimum Gasteiger partial charge on any atom is -0.494 e. The molecule has 1 aliphatic heterocycles. The van der Waals surface area contributed by atoms with Crippen LogP contribution in [-0.2, 0) is 11.3 Å². The lowest BCUT2D eigenvalue weighted by molar-refractivity contribution is 0.0696. The Kier molecular flexibility index (Phi) is 7.57. The van der Waals surface area contributed by atoms with Gasteiger partial charge in [-0.1, -0.05) is 20.3 Å². The predicted molar refractivity (Wildman–Crippen MR) is 96.5 cm³/mol. The van der Waals surface area contributed by atoms with Gasteiger partial charge in [0.15, 0.2) is 0 Å². The molecular weight excluding hydrogens is 302 g/mol. The van der Waals surface area contributed by atoms with Gasteiger partial charge in [-0.3, -0.25) is 4.79 Å². The van der Waals surface area contributed by atoms with Crippen molar-refractivity contribution in [2.75, 3.05) is 26.3 Å². The van der Waals surface area contributed by atoms with Crippen molar-refractivity contribution in [2.24, 2.45) is 5.92 Å². The molecule has 1 heterocycles. The molecule has 134 valence electrons. The number of carbonyl (C=O) groups excluding carboxylic acids is 1. The summed E-state index contributed by atoms with van der Waals surface area (Å²) in [6, 6.07) is 5.72. The van der Waals surface area contributed by atoms with E-state index in [0.29, 0.717) is 13.2 Å². The molecular formula is C20H31NO3. The maximum atomic E-state index is 12.7. The molecule has 0 aromatic heterocycles. The number of benzene rings is 1. The lowest BCUT2D eigenvalue weighted by atomic mass is 9.98. The standard InChI is InChI=1S/C20H31NO3/c1-4-6-13-23-15-18-14-17(7-8-19(18)24-5-2)20(22)21-11-9-16(3)10-12-21/h7-8,14,16H,4-6,9-13,15H2,1-3H3. The van der Waals surface area contributed by atoms with Crippen molar-refractivity contribution >= 4 is 5.91 Å². The van der Waals surface area contributed by atoms with Gasteiger partial charge in [-0.2, -0.15) is 0 Å². The zero-order valence-electron chi connectivity index (χ0n) is 15.3. The highest BCUT2D eigenvalue weighted by atomic mass is 16.5. The number of hydrogen-bond donors (Lipinski definition) is 0. The summed E-state index contributed by atoms with van der Waals surface area (Å²) in [6.45, 7) is 9.93. The third-order valence-corrected chi connectivity index (χ3v) is 4.58. The zero-order chi connectivity index (χ0) is 17.4. The number of rotatable bonds is 8. The van der Waals surface area contributed by atoms with Gasteiger partial charge in [0, 0.05) is 30.8 Å². The van der Waals surface area contributed by atoms with Gasteiger partial charge < -0.3 is 14.4 Å². The minimum atomic E-state index is 0.125. The molecule has 1 fully saturated rings.